The van der Waals surface area contributed by atoms with Crippen molar-refractivity contribution in [3.63, 3.8) is 0 Å². The Kier molecular flexibility index (Phi) is 3.71. The summed E-state index contributed by atoms with van der Waals surface area (Å²) in [6, 6.07) is 7.10. The van der Waals surface area contributed by atoms with Crippen molar-refractivity contribution in [1.82, 2.24) is 5.32 Å². The van der Waals surface area contributed by atoms with E-state index in [0.717, 1.165) is 17.5 Å². The molecule has 0 aliphatic carbocycles. The molecule has 3 rings (SSSR count). The summed E-state index contributed by atoms with van der Waals surface area (Å²) in [6.07, 6.45) is 0.838. The van der Waals surface area contributed by atoms with Gasteiger partial charge in [-0.2, -0.15) is 11.3 Å². The van der Waals surface area contributed by atoms with Gasteiger partial charge < -0.3 is 15.2 Å². The van der Waals surface area contributed by atoms with Crippen LogP contribution in [-0.2, 0) is 6.42 Å². The van der Waals surface area contributed by atoms with Gasteiger partial charge in [0.2, 0.25) is 0 Å². The molecule has 0 radical (unpaired) electrons. The van der Waals surface area contributed by atoms with Gasteiger partial charge in [0.1, 0.15) is 5.75 Å². The van der Waals surface area contributed by atoms with Gasteiger partial charge in [0.15, 0.2) is 0 Å². The van der Waals surface area contributed by atoms with Gasteiger partial charge >= 0.3 is 0 Å². The van der Waals surface area contributed by atoms with E-state index in [9.17, 15) is 9.90 Å². The predicted octanol–water partition coefficient (Wildman–Crippen LogP) is 2.15. The van der Waals surface area contributed by atoms with Crippen molar-refractivity contribution in [3.8, 4) is 5.75 Å². The first-order valence-corrected chi connectivity index (χ1v) is 7.42. The molecule has 0 bridgehead atoms. The van der Waals surface area contributed by atoms with Crippen LogP contribution in [0.1, 0.15) is 27.5 Å². The molecule has 0 saturated carbocycles. The Morgan fingerprint density at radius 2 is 2.35 bits per heavy atom. The first kappa shape index (κ1) is 13.1. The number of hydrogen-bond donors (Lipinski definition) is 2. The molecule has 2 N–H and O–H groups in total. The van der Waals surface area contributed by atoms with Crippen molar-refractivity contribution in [2.24, 2.45) is 0 Å². The Hall–Kier alpha value is -1.85. The fourth-order valence-corrected chi connectivity index (χ4v) is 3.05. The number of aliphatic hydroxyl groups excluding tert-OH is 1. The summed E-state index contributed by atoms with van der Waals surface area (Å²) in [5.41, 5.74) is 2.52. The normalized spacial score (nSPS) is 14.4. The molecule has 5 heteroatoms. The molecule has 4 nitrogen and oxygen atoms in total. The van der Waals surface area contributed by atoms with E-state index in [1.165, 1.54) is 11.3 Å². The Morgan fingerprint density at radius 1 is 1.45 bits per heavy atom. The van der Waals surface area contributed by atoms with Crippen molar-refractivity contribution in [2.75, 3.05) is 13.2 Å². The number of para-hydroxylation sites is 1. The van der Waals surface area contributed by atoms with Gasteiger partial charge in [-0.25, -0.2) is 0 Å². The number of carbonyl (C=O) groups is 1. The van der Waals surface area contributed by atoms with E-state index >= 15 is 0 Å². The van der Waals surface area contributed by atoms with Crippen LogP contribution < -0.4 is 10.1 Å². The molecule has 1 atom stereocenters. The van der Waals surface area contributed by atoms with Gasteiger partial charge in [-0.3, -0.25) is 4.79 Å². The lowest BCUT2D eigenvalue weighted by molar-refractivity contribution is 0.0913. The van der Waals surface area contributed by atoms with Crippen LogP contribution in [0, 0.1) is 0 Å². The molecule has 0 spiro atoms. The lowest BCUT2D eigenvalue weighted by Crippen LogP contribution is -2.30. The number of carbonyl (C=O) groups excluding carboxylic acids is 1. The molecule has 0 saturated heterocycles. The number of hydrogen-bond acceptors (Lipinski definition) is 4. The minimum atomic E-state index is -0.383. The van der Waals surface area contributed by atoms with Crippen LogP contribution in [0.3, 0.4) is 0 Å². The third-order valence-electron chi connectivity index (χ3n) is 3.39. The molecule has 1 aromatic heterocycles. The van der Waals surface area contributed by atoms with Crippen molar-refractivity contribution in [2.45, 2.75) is 12.5 Å². The zero-order valence-electron chi connectivity index (χ0n) is 10.8. The van der Waals surface area contributed by atoms with Crippen LogP contribution in [0.25, 0.3) is 0 Å². The Labute approximate surface area is 121 Å². The maximum Gasteiger partial charge on any atom is 0.255 e. The van der Waals surface area contributed by atoms with E-state index < -0.39 is 0 Å². The summed E-state index contributed by atoms with van der Waals surface area (Å²) in [7, 11) is 0. The third-order valence-corrected chi connectivity index (χ3v) is 4.09. The predicted molar refractivity (Wildman–Crippen MR) is 77.3 cm³/mol. The maximum atomic E-state index is 12.4. The van der Waals surface area contributed by atoms with Crippen LogP contribution >= 0.6 is 11.3 Å². The van der Waals surface area contributed by atoms with E-state index in [1.807, 2.05) is 29.0 Å². The van der Waals surface area contributed by atoms with Crippen LogP contribution in [0.2, 0.25) is 0 Å². The van der Waals surface area contributed by atoms with Gasteiger partial charge in [-0.15, -0.1) is 0 Å². The lowest BCUT2D eigenvalue weighted by Gasteiger charge is -2.16. The molecule has 1 aromatic carbocycles. The number of ether oxygens (including phenoxy) is 1. The Bertz CT molecular complexity index is 610. The Morgan fingerprint density at radius 3 is 3.10 bits per heavy atom. The average molecular weight is 289 g/mol. The summed E-state index contributed by atoms with van der Waals surface area (Å²) in [5.74, 6) is 0.459. The number of thiophene rings is 1. The number of amides is 1. The topological polar surface area (TPSA) is 58.6 Å². The van der Waals surface area contributed by atoms with Crippen molar-refractivity contribution in [3.05, 3.63) is 51.7 Å². The van der Waals surface area contributed by atoms with Gasteiger partial charge in [0.05, 0.1) is 24.8 Å². The SMILES string of the molecule is O=C(N[C@@H](CO)c1ccsc1)c1cccc2c1OCC2. The van der Waals surface area contributed by atoms with Crippen LogP contribution in [-0.4, -0.2) is 24.2 Å². The average Bonchev–Trinajstić information content (AvgIpc) is 3.14. The number of fused-ring (bicyclic) bond motifs is 1. The lowest BCUT2D eigenvalue weighted by atomic mass is 10.1. The fourth-order valence-electron chi connectivity index (χ4n) is 2.34. The molecular weight excluding hydrogens is 274 g/mol. The first-order valence-electron chi connectivity index (χ1n) is 6.48. The standard InChI is InChI=1S/C15H15NO3S/c17-8-13(11-5-7-20-9-11)16-15(18)12-3-1-2-10-4-6-19-14(10)12/h1-3,5,7,9,13,17H,4,6,8H2,(H,16,18)/t13-/m0/s1. The molecule has 0 fully saturated rings. The van der Waals surface area contributed by atoms with E-state index in [1.54, 1.807) is 6.07 Å². The number of benzene rings is 1. The highest BCUT2D eigenvalue weighted by Crippen LogP contribution is 2.29. The number of nitrogens with one attached hydrogen (secondary N) is 1. The van der Waals surface area contributed by atoms with E-state index in [4.69, 9.17) is 4.74 Å². The van der Waals surface area contributed by atoms with Crippen LogP contribution in [0.15, 0.2) is 35.0 Å². The highest BCUT2D eigenvalue weighted by molar-refractivity contribution is 7.07. The highest BCUT2D eigenvalue weighted by atomic mass is 32.1. The highest BCUT2D eigenvalue weighted by Gasteiger charge is 2.22. The number of aliphatic hydroxyl groups is 1. The van der Waals surface area contributed by atoms with Gasteiger partial charge in [-0.05, 0) is 34.0 Å². The monoisotopic (exact) mass is 289 g/mol. The molecule has 0 unspecified atom stereocenters. The molecular formula is C15H15NO3S. The van der Waals surface area contributed by atoms with Crippen molar-refractivity contribution >= 4 is 17.2 Å². The van der Waals surface area contributed by atoms with Crippen molar-refractivity contribution < 1.29 is 14.6 Å². The molecule has 1 aliphatic rings. The fraction of sp³-hybridized carbons (Fsp3) is 0.267. The third kappa shape index (κ3) is 2.42. The second-order valence-electron chi connectivity index (χ2n) is 4.66. The van der Waals surface area contributed by atoms with Gasteiger partial charge in [-0.1, -0.05) is 12.1 Å². The summed E-state index contributed by atoms with van der Waals surface area (Å²) in [4.78, 5) is 12.4. The maximum absolute atomic E-state index is 12.4. The second-order valence-corrected chi connectivity index (χ2v) is 5.44. The summed E-state index contributed by atoms with van der Waals surface area (Å²) in [5, 5.41) is 16.1. The van der Waals surface area contributed by atoms with E-state index in [-0.39, 0.29) is 18.6 Å². The smallest absolute Gasteiger partial charge is 0.255 e. The molecule has 104 valence electrons. The van der Waals surface area contributed by atoms with E-state index in [2.05, 4.69) is 5.32 Å². The summed E-state index contributed by atoms with van der Waals surface area (Å²) >= 11 is 1.54. The second kappa shape index (κ2) is 5.64. The van der Waals surface area contributed by atoms with Crippen molar-refractivity contribution in [1.29, 1.82) is 0 Å². The zero-order chi connectivity index (χ0) is 13.9. The first-order chi connectivity index (χ1) is 9.79. The molecule has 20 heavy (non-hydrogen) atoms. The number of rotatable bonds is 4. The minimum Gasteiger partial charge on any atom is -0.492 e. The van der Waals surface area contributed by atoms with Gasteiger partial charge in [0.25, 0.3) is 5.91 Å². The van der Waals surface area contributed by atoms with Crippen LogP contribution in [0.5, 0.6) is 5.75 Å². The van der Waals surface area contributed by atoms with Crippen LogP contribution in [0.4, 0.5) is 0 Å². The van der Waals surface area contributed by atoms with E-state index in [0.29, 0.717) is 17.9 Å². The largest absolute Gasteiger partial charge is 0.492 e. The van der Waals surface area contributed by atoms with Gasteiger partial charge in [0, 0.05) is 6.42 Å². The quantitative estimate of drug-likeness (QED) is 0.906. The molecule has 2 aromatic rings. The zero-order valence-corrected chi connectivity index (χ0v) is 11.7. The minimum absolute atomic E-state index is 0.127. The Balaban J connectivity index is 1.81. The molecule has 1 aliphatic heterocycles. The summed E-state index contributed by atoms with van der Waals surface area (Å²) < 4.78 is 5.54. The molecule has 2 heterocycles. The molecule has 1 amide bonds. The summed E-state index contributed by atoms with van der Waals surface area (Å²) in [6.45, 7) is 0.492.